The highest BCUT2D eigenvalue weighted by Gasteiger charge is 2.31. The first-order valence-corrected chi connectivity index (χ1v) is 24.9. The van der Waals surface area contributed by atoms with Crippen LogP contribution in [-0.2, 0) is 6.18 Å². The summed E-state index contributed by atoms with van der Waals surface area (Å²) in [5.41, 5.74) is 17.1. The Morgan fingerprint density at radius 2 is 0.720 bits per heavy atom. The van der Waals surface area contributed by atoms with E-state index in [-0.39, 0.29) is 0 Å². The second-order valence-electron chi connectivity index (χ2n) is 19.2. The van der Waals surface area contributed by atoms with Crippen molar-refractivity contribution in [1.29, 1.82) is 0 Å². The Morgan fingerprint density at radius 3 is 1.12 bits per heavy atom. The molecule has 356 valence electrons. The molecule has 0 spiro atoms. The van der Waals surface area contributed by atoms with E-state index in [2.05, 4.69) is 160 Å². The third kappa shape index (κ3) is 8.03. The van der Waals surface area contributed by atoms with Gasteiger partial charge in [0, 0.05) is 27.1 Å². The van der Waals surface area contributed by atoms with E-state index in [9.17, 15) is 13.2 Å². The van der Waals surface area contributed by atoms with Gasteiger partial charge in [-0.25, -0.2) is 4.85 Å². The number of alkyl halides is 3. The fourth-order valence-corrected chi connectivity index (χ4v) is 11.0. The van der Waals surface area contributed by atoms with Crippen molar-refractivity contribution in [2.45, 2.75) is 13.1 Å². The monoisotopic (exact) mass is 971 g/mol. The molecule has 11 aromatic carbocycles. The van der Waals surface area contributed by atoms with Gasteiger partial charge in [-0.15, -0.1) is 0 Å². The molecule has 75 heavy (non-hydrogen) atoms. The lowest BCUT2D eigenvalue weighted by atomic mass is 9.94. The van der Waals surface area contributed by atoms with Crippen LogP contribution in [0, 0.1) is 13.5 Å². The Balaban J connectivity index is 1.12. The molecular formula is C69H44F3N3. The summed E-state index contributed by atoms with van der Waals surface area (Å²) in [5.74, 6) is 0. The first-order valence-electron chi connectivity index (χ1n) is 24.9. The van der Waals surface area contributed by atoms with Crippen molar-refractivity contribution >= 4 is 49.3 Å². The zero-order valence-electron chi connectivity index (χ0n) is 40.6. The minimum absolute atomic E-state index is 0.453. The minimum Gasteiger partial charge on any atom is -0.309 e. The number of nitrogens with zero attached hydrogens (tertiary/aromatic N) is 3. The van der Waals surface area contributed by atoms with Gasteiger partial charge >= 0.3 is 6.18 Å². The number of aromatic nitrogens is 2. The Labute approximate surface area is 432 Å². The SMILES string of the molecule is [C-]#[N+]c1ccc(-n2c3ccc(-c4ccccc4)cc3c3cc(-c4ccccc4)ccc32)c(-c2ccc(-c3cc(C)cc(C(F)(F)F)c3)cc2-n2c3ccc(-c4ccccc4)cc3c3cc(-c4ccccc4)ccc32)c1. The number of fused-ring (bicyclic) bond motifs is 6. The summed E-state index contributed by atoms with van der Waals surface area (Å²) in [6.07, 6.45) is -4.54. The van der Waals surface area contributed by atoms with Crippen molar-refractivity contribution < 1.29 is 13.2 Å². The van der Waals surface area contributed by atoms with Gasteiger partial charge in [-0.3, -0.25) is 0 Å². The van der Waals surface area contributed by atoms with Crippen LogP contribution in [0.3, 0.4) is 0 Å². The number of benzene rings is 11. The predicted molar refractivity (Wildman–Crippen MR) is 304 cm³/mol. The molecule has 0 N–H and O–H groups in total. The Morgan fingerprint density at radius 1 is 0.333 bits per heavy atom. The molecule has 0 radical (unpaired) electrons. The van der Waals surface area contributed by atoms with Gasteiger partial charge in [0.25, 0.3) is 0 Å². The average Bonchev–Trinajstić information content (AvgIpc) is 3.97. The molecule has 0 fully saturated rings. The second-order valence-corrected chi connectivity index (χ2v) is 19.2. The van der Waals surface area contributed by atoms with Crippen molar-refractivity contribution in [2.24, 2.45) is 0 Å². The molecule has 6 heteroatoms. The van der Waals surface area contributed by atoms with Crippen LogP contribution in [0.1, 0.15) is 11.1 Å². The normalized spacial score (nSPS) is 11.7. The summed E-state index contributed by atoms with van der Waals surface area (Å²) in [4.78, 5) is 4.00. The van der Waals surface area contributed by atoms with Crippen molar-refractivity contribution in [3.05, 3.63) is 271 Å². The summed E-state index contributed by atoms with van der Waals surface area (Å²) in [6, 6.07) is 83.8. The number of hydrogen-bond acceptors (Lipinski definition) is 0. The lowest BCUT2D eigenvalue weighted by Crippen LogP contribution is -2.05. The third-order valence-corrected chi connectivity index (χ3v) is 14.6. The lowest BCUT2D eigenvalue weighted by molar-refractivity contribution is -0.137. The van der Waals surface area contributed by atoms with Gasteiger partial charge in [0.1, 0.15) is 0 Å². The van der Waals surface area contributed by atoms with Crippen LogP contribution in [0.4, 0.5) is 18.9 Å². The van der Waals surface area contributed by atoms with Gasteiger partial charge in [-0.1, -0.05) is 170 Å². The molecule has 3 nitrogen and oxygen atoms in total. The molecule has 2 heterocycles. The van der Waals surface area contributed by atoms with Gasteiger partial charge in [0.05, 0.1) is 45.6 Å². The quantitative estimate of drug-likeness (QED) is 0.135. The fourth-order valence-electron chi connectivity index (χ4n) is 11.0. The zero-order chi connectivity index (χ0) is 50.8. The van der Waals surface area contributed by atoms with Crippen molar-refractivity contribution in [3.8, 4) is 78.1 Å². The van der Waals surface area contributed by atoms with E-state index in [0.717, 1.165) is 111 Å². The van der Waals surface area contributed by atoms with E-state index in [0.29, 0.717) is 22.4 Å². The van der Waals surface area contributed by atoms with Crippen LogP contribution in [-0.4, -0.2) is 9.13 Å². The number of halogens is 3. The molecular weight excluding hydrogens is 928 g/mol. The molecule has 13 rings (SSSR count). The van der Waals surface area contributed by atoms with Gasteiger partial charge in [0.2, 0.25) is 0 Å². The van der Waals surface area contributed by atoms with Gasteiger partial charge in [-0.05, 0) is 153 Å². The van der Waals surface area contributed by atoms with Crippen molar-refractivity contribution in [3.63, 3.8) is 0 Å². The Hall–Kier alpha value is -9.70. The van der Waals surface area contributed by atoms with E-state index >= 15 is 0 Å². The highest BCUT2D eigenvalue weighted by Crippen LogP contribution is 2.46. The van der Waals surface area contributed by atoms with Crippen molar-refractivity contribution in [1.82, 2.24) is 9.13 Å². The highest BCUT2D eigenvalue weighted by atomic mass is 19.4. The maximum atomic E-state index is 14.6. The summed E-state index contributed by atoms with van der Waals surface area (Å²) in [7, 11) is 0. The fraction of sp³-hybridized carbons (Fsp3) is 0.0290. The third-order valence-electron chi connectivity index (χ3n) is 14.6. The average molecular weight is 972 g/mol. The van der Waals surface area contributed by atoms with Gasteiger partial charge in [-0.2, -0.15) is 13.2 Å². The van der Waals surface area contributed by atoms with E-state index in [1.807, 2.05) is 91.0 Å². The van der Waals surface area contributed by atoms with Crippen LogP contribution < -0.4 is 0 Å². The molecule has 0 unspecified atom stereocenters. The molecule has 0 amide bonds. The second kappa shape index (κ2) is 18.1. The summed E-state index contributed by atoms with van der Waals surface area (Å²) >= 11 is 0. The van der Waals surface area contributed by atoms with Crippen LogP contribution >= 0.6 is 0 Å². The summed E-state index contributed by atoms with van der Waals surface area (Å²) in [6.45, 7) is 10.1. The highest BCUT2D eigenvalue weighted by molar-refractivity contribution is 6.14. The minimum atomic E-state index is -4.54. The van der Waals surface area contributed by atoms with E-state index < -0.39 is 11.7 Å². The maximum absolute atomic E-state index is 14.6. The lowest BCUT2D eigenvalue weighted by Gasteiger charge is -2.21. The van der Waals surface area contributed by atoms with E-state index in [4.69, 9.17) is 6.57 Å². The topological polar surface area (TPSA) is 14.2 Å². The molecule has 0 atom stereocenters. The van der Waals surface area contributed by atoms with Gasteiger partial charge < -0.3 is 9.13 Å². The summed E-state index contributed by atoms with van der Waals surface area (Å²) in [5, 5.41) is 4.20. The Bertz CT molecular complexity index is 4200. The largest absolute Gasteiger partial charge is 0.416 e. The molecule has 0 aliphatic rings. The van der Waals surface area contributed by atoms with E-state index in [1.54, 1.807) is 6.92 Å². The molecule has 0 saturated heterocycles. The summed E-state index contributed by atoms with van der Waals surface area (Å²) < 4.78 is 48.3. The molecule has 0 bridgehead atoms. The van der Waals surface area contributed by atoms with E-state index in [1.165, 1.54) is 12.1 Å². The first kappa shape index (κ1) is 45.2. The Kier molecular flexibility index (Phi) is 10.9. The molecule has 13 aromatic rings. The van der Waals surface area contributed by atoms with Crippen LogP contribution in [0.25, 0.3) is 127 Å². The van der Waals surface area contributed by atoms with Crippen LogP contribution in [0.5, 0.6) is 0 Å². The molecule has 2 aromatic heterocycles. The van der Waals surface area contributed by atoms with Crippen LogP contribution in [0.2, 0.25) is 0 Å². The number of rotatable bonds is 8. The number of aryl methyl sites for hydroxylation is 1. The maximum Gasteiger partial charge on any atom is 0.416 e. The molecule has 0 aliphatic carbocycles. The van der Waals surface area contributed by atoms with Gasteiger partial charge in [0.15, 0.2) is 5.69 Å². The standard InChI is InChI=1S/C69H44F3N3/c1-44-35-54(37-55(36-44)69(70,71)72)53-23-29-57(68(42-53)75-65-32-26-51(47-19-11-5-12-20-47)40-60(65)61-41-52(27-33-66(61)75)48-21-13-6-14-22-48)62-43-56(73-2)28-34-67(62)74-63-30-24-49(45-15-7-3-8-16-45)38-58(63)59-39-50(25-31-64(59)74)46-17-9-4-10-18-46/h3-43H,1H3. The van der Waals surface area contributed by atoms with Crippen LogP contribution in [0.15, 0.2) is 249 Å². The smallest absolute Gasteiger partial charge is 0.309 e. The first-order chi connectivity index (χ1) is 36.7. The molecule has 0 aliphatic heterocycles. The van der Waals surface area contributed by atoms with Crippen molar-refractivity contribution in [2.75, 3.05) is 0 Å². The zero-order valence-corrected chi connectivity index (χ0v) is 40.6. The predicted octanol–water partition coefficient (Wildman–Crippen LogP) is 19.8. The number of hydrogen-bond donors (Lipinski definition) is 0. The molecule has 0 saturated carbocycles.